The number of thiophene rings is 1. The van der Waals surface area contributed by atoms with Crippen molar-refractivity contribution < 1.29 is 30.0 Å². The summed E-state index contributed by atoms with van der Waals surface area (Å²) in [6.07, 6.45) is 3.35. The Kier molecular flexibility index (Phi) is 9.84. The molecule has 0 atom stereocenters. The van der Waals surface area contributed by atoms with Crippen molar-refractivity contribution >= 4 is 58.8 Å². The topological polar surface area (TPSA) is 54.5 Å². The molecule has 5 aromatic carbocycles. The van der Waals surface area contributed by atoms with Crippen LogP contribution in [0.25, 0.3) is 64.1 Å². The number of rotatable bonds is 3. The number of hydrogen-bond acceptors (Lipinski definition) is 3. The Labute approximate surface area is 294 Å². The maximum Gasteiger partial charge on any atom is 0.325 e. The first kappa shape index (κ1) is 34.2. The van der Waals surface area contributed by atoms with Crippen LogP contribution in [-0.2, 0) is 20.1 Å². The van der Waals surface area contributed by atoms with Gasteiger partial charge in [-0.3, -0.25) is 4.79 Å². The van der Waals surface area contributed by atoms with Crippen molar-refractivity contribution in [1.82, 2.24) is 4.98 Å². The van der Waals surface area contributed by atoms with Crippen LogP contribution in [0.15, 0.2) is 121 Å². The molecule has 0 amide bonds. The summed E-state index contributed by atoms with van der Waals surface area (Å²) in [6, 6.07) is 40.2. The van der Waals surface area contributed by atoms with Crippen LogP contribution in [0.1, 0.15) is 41.5 Å². The van der Waals surface area contributed by atoms with Gasteiger partial charge in [0.2, 0.25) is 0 Å². The van der Waals surface area contributed by atoms with Gasteiger partial charge >= 0.3 is 5.78 Å². The van der Waals surface area contributed by atoms with Gasteiger partial charge in [-0.05, 0) is 65.7 Å². The standard InChI is InChI=1S/C31H18NS.C11H20O2.Ir/c1-2-7-23-20(6-1)16-17-27-25(23)18-19-32-30(27)22-14-12-21(13-15-22)24-9-5-10-28-26-8-3-4-11-29(26)33-31(24)28;1-10(2,3)8(12)7-9(13)11(4,5)6;/h1-14,16-19H;7,12H,1-6H3;/q-1;;/p+1/b;8-7-;. The molecule has 0 aliphatic carbocycles. The predicted molar refractivity (Wildman–Crippen MR) is 198 cm³/mol. The number of aromatic nitrogens is 1. The summed E-state index contributed by atoms with van der Waals surface area (Å²) in [5.41, 5.74) is 3.82. The van der Waals surface area contributed by atoms with E-state index in [1.165, 1.54) is 53.5 Å². The first-order valence-corrected chi connectivity index (χ1v) is 16.4. The van der Waals surface area contributed by atoms with Crippen LogP contribution in [0, 0.1) is 16.9 Å². The fourth-order valence-electron chi connectivity index (χ4n) is 5.43. The molecule has 1 radical (unpaired) electrons. The SMILES string of the molecule is CC(C)(C)C(=[OH+])/C=C(\O)C(C)(C)C.[Ir].[c-]1cc(-c2cccc3c2sc2ccccc23)ccc1-c1nccc2c1ccc1ccccc12. The van der Waals surface area contributed by atoms with Crippen LogP contribution in [0.4, 0.5) is 0 Å². The number of benzene rings is 5. The van der Waals surface area contributed by atoms with E-state index in [1.807, 2.05) is 59.1 Å². The van der Waals surface area contributed by atoms with Crippen LogP contribution in [0.5, 0.6) is 0 Å². The molecule has 2 N–H and O–H groups in total. The minimum atomic E-state index is -0.306. The van der Waals surface area contributed by atoms with Crippen LogP contribution in [0.3, 0.4) is 0 Å². The molecule has 0 spiro atoms. The number of allylic oxidation sites excluding steroid dienone is 2. The van der Waals surface area contributed by atoms with Crippen molar-refractivity contribution in [3.63, 3.8) is 0 Å². The Hall–Kier alpha value is -4.15. The van der Waals surface area contributed by atoms with Gasteiger partial charge in [-0.1, -0.05) is 99.1 Å². The van der Waals surface area contributed by atoms with Crippen LogP contribution >= 0.6 is 11.3 Å². The zero-order valence-electron chi connectivity index (χ0n) is 27.6. The van der Waals surface area contributed by atoms with Gasteiger partial charge in [0.1, 0.15) is 5.76 Å². The Morgan fingerprint density at radius 1 is 0.723 bits per heavy atom. The minimum absolute atomic E-state index is 0. The van der Waals surface area contributed by atoms with E-state index >= 15 is 0 Å². The third-order valence-electron chi connectivity index (χ3n) is 8.26. The average Bonchev–Trinajstić information content (AvgIpc) is 3.43. The maximum atomic E-state index is 9.60. The zero-order chi connectivity index (χ0) is 32.6. The van der Waals surface area contributed by atoms with E-state index in [9.17, 15) is 9.90 Å². The summed E-state index contributed by atoms with van der Waals surface area (Å²) in [5.74, 6) is 0.417. The van der Waals surface area contributed by atoms with Gasteiger partial charge in [-0.25, -0.2) is 0 Å². The molecule has 0 saturated carbocycles. The Balaban J connectivity index is 0.000000267. The maximum absolute atomic E-state index is 9.60. The van der Waals surface area contributed by atoms with E-state index in [-0.39, 0.29) is 42.5 Å². The van der Waals surface area contributed by atoms with E-state index in [0.29, 0.717) is 0 Å². The van der Waals surface area contributed by atoms with Crippen molar-refractivity contribution in [3.8, 4) is 22.4 Å². The summed E-state index contributed by atoms with van der Waals surface area (Å²) in [4.78, 5) is 14.3. The van der Waals surface area contributed by atoms with E-state index < -0.39 is 0 Å². The molecule has 7 rings (SSSR count). The Morgan fingerprint density at radius 2 is 1.43 bits per heavy atom. The molecule has 5 heteroatoms. The smallest absolute Gasteiger partial charge is 0.325 e. The van der Waals surface area contributed by atoms with Gasteiger partial charge in [0.05, 0.1) is 11.5 Å². The third-order valence-corrected chi connectivity index (χ3v) is 9.48. The number of fused-ring (bicyclic) bond motifs is 6. The van der Waals surface area contributed by atoms with E-state index in [0.717, 1.165) is 16.6 Å². The van der Waals surface area contributed by atoms with Crippen LogP contribution in [-0.4, -0.2) is 20.7 Å². The zero-order valence-corrected chi connectivity index (χ0v) is 30.8. The molecule has 0 saturated heterocycles. The van der Waals surface area contributed by atoms with Gasteiger partial charge in [-0.15, -0.1) is 41.2 Å². The second kappa shape index (κ2) is 13.5. The number of aliphatic hydroxyl groups is 1. The molecule has 7 aromatic rings. The second-order valence-corrected chi connectivity index (χ2v) is 14.8. The van der Waals surface area contributed by atoms with Crippen molar-refractivity contribution in [1.29, 1.82) is 0 Å². The van der Waals surface area contributed by atoms with Crippen molar-refractivity contribution in [2.75, 3.05) is 0 Å². The molecular weight excluding hydrogens is 775 g/mol. The van der Waals surface area contributed by atoms with Gasteiger partial charge < -0.3 is 10.1 Å². The largest absolute Gasteiger partial charge is 0.511 e. The monoisotopic (exact) mass is 814 g/mol. The number of aliphatic hydroxyl groups excluding tert-OH is 1. The fourth-order valence-corrected chi connectivity index (χ4v) is 6.67. The van der Waals surface area contributed by atoms with Gasteiger partial charge in [0.15, 0.2) is 0 Å². The van der Waals surface area contributed by atoms with E-state index in [1.54, 1.807) is 0 Å². The molecule has 2 aromatic heterocycles. The third kappa shape index (κ3) is 7.08. The van der Waals surface area contributed by atoms with Crippen molar-refractivity contribution in [3.05, 3.63) is 127 Å². The molecule has 0 aliphatic heterocycles. The fraction of sp³-hybridized carbons (Fsp3) is 0.190. The summed E-state index contributed by atoms with van der Waals surface area (Å²) in [5, 5.41) is 17.1. The molecule has 0 fully saturated rings. The summed E-state index contributed by atoms with van der Waals surface area (Å²) < 4.78 is 2.65. The molecule has 0 bridgehead atoms. The number of ketones is 1. The van der Waals surface area contributed by atoms with E-state index in [2.05, 4.69) is 109 Å². The molecule has 239 valence electrons. The minimum Gasteiger partial charge on any atom is -0.511 e. The quantitative estimate of drug-likeness (QED) is 0.0635. The van der Waals surface area contributed by atoms with Gasteiger partial charge in [0.25, 0.3) is 0 Å². The molecule has 0 unspecified atom stereocenters. The summed E-state index contributed by atoms with van der Waals surface area (Å²) in [7, 11) is 0. The number of carbonyl (C=O) groups excluding carboxylic acids is 1. The Bertz CT molecular complexity index is 2250. The predicted octanol–water partition coefficient (Wildman–Crippen LogP) is 12.0. The van der Waals surface area contributed by atoms with E-state index in [4.69, 9.17) is 4.98 Å². The summed E-state index contributed by atoms with van der Waals surface area (Å²) >= 11 is 1.86. The molecular formula is C42H39IrNO2S. The summed E-state index contributed by atoms with van der Waals surface area (Å²) in [6.45, 7) is 11.4. The first-order chi connectivity index (χ1) is 21.9. The molecule has 2 heterocycles. The number of hydrogen-bond donors (Lipinski definition) is 1. The number of nitrogens with zero attached hydrogens (tertiary/aromatic N) is 1. The molecule has 3 nitrogen and oxygen atoms in total. The number of pyridine rings is 1. The molecule has 0 aliphatic rings. The van der Waals surface area contributed by atoms with Crippen molar-refractivity contribution in [2.24, 2.45) is 10.8 Å². The Morgan fingerprint density at radius 3 is 2.13 bits per heavy atom. The van der Waals surface area contributed by atoms with Crippen LogP contribution in [0.2, 0.25) is 0 Å². The van der Waals surface area contributed by atoms with Gasteiger partial charge in [-0.2, -0.15) is 0 Å². The normalized spacial score (nSPS) is 12.2. The van der Waals surface area contributed by atoms with Gasteiger partial charge in [0, 0.05) is 51.9 Å². The average molecular weight is 814 g/mol. The van der Waals surface area contributed by atoms with Crippen molar-refractivity contribution in [2.45, 2.75) is 41.5 Å². The first-order valence-electron chi connectivity index (χ1n) is 15.6. The molecule has 47 heavy (non-hydrogen) atoms. The van der Waals surface area contributed by atoms with Crippen LogP contribution < -0.4 is 0 Å². The second-order valence-electron chi connectivity index (χ2n) is 13.7.